The largest absolute Gasteiger partial charge is 0.303 e. The molecule has 0 spiro atoms. The summed E-state index contributed by atoms with van der Waals surface area (Å²) >= 11 is 0. The van der Waals surface area contributed by atoms with Crippen molar-refractivity contribution in [3.63, 3.8) is 0 Å². The van der Waals surface area contributed by atoms with E-state index in [1.54, 1.807) is 6.21 Å². The number of aliphatic imine (C=N–C) groups is 1. The smallest absolute Gasteiger partial charge is 0.0662 e. The zero-order chi connectivity index (χ0) is 13.0. The van der Waals surface area contributed by atoms with Gasteiger partial charge in [0.15, 0.2) is 0 Å². The molecule has 2 nitrogen and oxygen atoms in total. The summed E-state index contributed by atoms with van der Waals surface area (Å²) in [5, 5.41) is 7.75. The number of nitrogens with zero attached hydrogens (tertiary/aromatic N) is 1. The van der Waals surface area contributed by atoms with Crippen LogP contribution in [0.4, 0.5) is 5.69 Å². The van der Waals surface area contributed by atoms with Crippen molar-refractivity contribution in [2.75, 3.05) is 0 Å². The van der Waals surface area contributed by atoms with Gasteiger partial charge in [0.05, 0.1) is 11.4 Å². The van der Waals surface area contributed by atoms with Gasteiger partial charge in [0.1, 0.15) is 0 Å². The SMILES string of the molecule is CCc1cc(N=CC(=N)C(C)C)c(C)cc1C. The number of rotatable bonds is 4. The highest BCUT2D eigenvalue weighted by molar-refractivity contribution is 6.30. The summed E-state index contributed by atoms with van der Waals surface area (Å²) in [6, 6.07) is 4.30. The number of nitrogens with one attached hydrogen (secondary N) is 1. The first-order valence-corrected chi connectivity index (χ1v) is 6.18. The lowest BCUT2D eigenvalue weighted by atomic mass is 10.0. The van der Waals surface area contributed by atoms with Gasteiger partial charge in [0.2, 0.25) is 0 Å². The second-order valence-electron chi connectivity index (χ2n) is 4.79. The van der Waals surface area contributed by atoms with E-state index >= 15 is 0 Å². The van der Waals surface area contributed by atoms with E-state index in [4.69, 9.17) is 5.41 Å². The van der Waals surface area contributed by atoms with Crippen molar-refractivity contribution in [1.29, 1.82) is 5.41 Å². The van der Waals surface area contributed by atoms with Gasteiger partial charge in [-0.1, -0.05) is 26.8 Å². The molecule has 0 aromatic heterocycles. The second-order valence-corrected chi connectivity index (χ2v) is 4.79. The molecule has 0 aliphatic carbocycles. The average molecular weight is 230 g/mol. The van der Waals surface area contributed by atoms with Gasteiger partial charge >= 0.3 is 0 Å². The summed E-state index contributed by atoms with van der Waals surface area (Å²) in [6.45, 7) is 10.4. The monoisotopic (exact) mass is 230 g/mol. The third-order valence-corrected chi connectivity index (χ3v) is 3.00. The normalized spacial score (nSPS) is 11.4. The quantitative estimate of drug-likeness (QED) is 0.751. The minimum atomic E-state index is 0.232. The molecule has 1 rings (SSSR count). The van der Waals surface area contributed by atoms with Crippen LogP contribution in [-0.4, -0.2) is 11.9 Å². The zero-order valence-electron chi connectivity index (χ0n) is 11.5. The fraction of sp³-hybridized carbons (Fsp3) is 0.467. The standard InChI is InChI=1S/C15H22N2/c1-6-13-8-15(12(5)7-11(13)4)17-9-14(16)10(2)3/h7-10,16H,6H2,1-5H3. The number of hydrogen-bond donors (Lipinski definition) is 1. The predicted octanol–water partition coefficient (Wildman–Crippen LogP) is 4.24. The summed E-state index contributed by atoms with van der Waals surface area (Å²) in [7, 11) is 0. The van der Waals surface area contributed by atoms with E-state index in [0.29, 0.717) is 5.71 Å². The molecule has 0 saturated carbocycles. The van der Waals surface area contributed by atoms with Gasteiger partial charge in [0.25, 0.3) is 0 Å². The van der Waals surface area contributed by atoms with Crippen molar-refractivity contribution < 1.29 is 0 Å². The Balaban J connectivity index is 3.03. The molecule has 0 fully saturated rings. The summed E-state index contributed by atoms with van der Waals surface area (Å²) < 4.78 is 0. The summed E-state index contributed by atoms with van der Waals surface area (Å²) in [6.07, 6.45) is 2.69. The van der Waals surface area contributed by atoms with Crippen LogP contribution in [0.5, 0.6) is 0 Å². The Morgan fingerprint density at radius 1 is 1.29 bits per heavy atom. The molecule has 1 aromatic rings. The Morgan fingerprint density at radius 3 is 2.47 bits per heavy atom. The molecule has 17 heavy (non-hydrogen) atoms. The molecular weight excluding hydrogens is 208 g/mol. The average Bonchev–Trinajstić information content (AvgIpc) is 2.27. The highest BCUT2D eigenvalue weighted by atomic mass is 14.7. The van der Waals surface area contributed by atoms with Crippen molar-refractivity contribution in [2.24, 2.45) is 10.9 Å². The highest BCUT2D eigenvalue weighted by Crippen LogP contribution is 2.23. The molecule has 0 aliphatic rings. The van der Waals surface area contributed by atoms with Crippen molar-refractivity contribution in [1.82, 2.24) is 0 Å². The molecule has 92 valence electrons. The maximum absolute atomic E-state index is 7.75. The van der Waals surface area contributed by atoms with Crippen LogP contribution in [0, 0.1) is 25.2 Å². The van der Waals surface area contributed by atoms with Gasteiger partial charge in [-0.05, 0) is 48.9 Å². The van der Waals surface area contributed by atoms with Crippen LogP contribution >= 0.6 is 0 Å². The number of aryl methyl sites for hydroxylation is 3. The van der Waals surface area contributed by atoms with Crippen LogP contribution in [0.3, 0.4) is 0 Å². The van der Waals surface area contributed by atoms with E-state index in [-0.39, 0.29) is 5.92 Å². The summed E-state index contributed by atoms with van der Waals surface area (Å²) in [5.74, 6) is 0.232. The minimum absolute atomic E-state index is 0.232. The Bertz CT molecular complexity index is 442. The maximum Gasteiger partial charge on any atom is 0.0662 e. The topological polar surface area (TPSA) is 36.2 Å². The third-order valence-electron chi connectivity index (χ3n) is 3.00. The lowest BCUT2D eigenvalue weighted by Gasteiger charge is -2.08. The van der Waals surface area contributed by atoms with Crippen LogP contribution in [-0.2, 0) is 6.42 Å². The first kappa shape index (κ1) is 13.6. The van der Waals surface area contributed by atoms with Crippen LogP contribution in [0.1, 0.15) is 37.5 Å². The Kier molecular flexibility index (Phi) is 4.62. The highest BCUT2D eigenvalue weighted by Gasteiger charge is 2.03. The lowest BCUT2D eigenvalue weighted by molar-refractivity contribution is 0.889. The second kappa shape index (κ2) is 5.76. The van der Waals surface area contributed by atoms with Crippen LogP contribution in [0.2, 0.25) is 0 Å². The van der Waals surface area contributed by atoms with E-state index in [0.717, 1.165) is 12.1 Å². The van der Waals surface area contributed by atoms with Gasteiger partial charge < -0.3 is 5.41 Å². The van der Waals surface area contributed by atoms with E-state index in [1.165, 1.54) is 16.7 Å². The summed E-state index contributed by atoms with van der Waals surface area (Å²) in [5.41, 5.74) is 5.38. The molecule has 0 atom stereocenters. The molecule has 0 heterocycles. The first-order valence-electron chi connectivity index (χ1n) is 6.18. The molecule has 0 amide bonds. The van der Waals surface area contributed by atoms with Gasteiger partial charge in [0, 0.05) is 6.21 Å². The predicted molar refractivity (Wildman–Crippen MR) is 76.0 cm³/mol. The van der Waals surface area contributed by atoms with Crippen molar-refractivity contribution in [2.45, 2.75) is 41.0 Å². The first-order chi connectivity index (χ1) is 7.95. The molecule has 0 aliphatic heterocycles. The van der Waals surface area contributed by atoms with Crippen molar-refractivity contribution in [3.8, 4) is 0 Å². The fourth-order valence-corrected chi connectivity index (χ4v) is 1.69. The van der Waals surface area contributed by atoms with Gasteiger partial charge in [-0.15, -0.1) is 0 Å². The van der Waals surface area contributed by atoms with Crippen molar-refractivity contribution in [3.05, 3.63) is 28.8 Å². The Morgan fingerprint density at radius 2 is 1.94 bits per heavy atom. The van der Waals surface area contributed by atoms with E-state index < -0.39 is 0 Å². The van der Waals surface area contributed by atoms with E-state index in [9.17, 15) is 0 Å². The van der Waals surface area contributed by atoms with E-state index in [1.807, 2.05) is 13.8 Å². The Hall–Kier alpha value is -1.44. The molecule has 0 saturated heterocycles. The number of hydrogen-bond acceptors (Lipinski definition) is 2. The Labute approximate surface area is 104 Å². The molecule has 1 aromatic carbocycles. The lowest BCUT2D eigenvalue weighted by Crippen LogP contribution is -2.06. The molecular formula is C15H22N2. The van der Waals surface area contributed by atoms with Gasteiger partial charge in [-0.2, -0.15) is 0 Å². The van der Waals surface area contributed by atoms with Gasteiger partial charge in [-0.3, -0.25) is 4.99 Å². The van der Waals surface area contributed by atoms with E-state index in [2.05, 4.69) is 37.9 Å². The molecule has 1 N–H and O–H groups in total. The van der Waals surface area contributed by atoms with Crippen molar-refractivity contribution >= 4 is 17.6 Å². The summed E-state index contributed by atoms with van der Waals surface area (Å²) in [4.78, 5) is 4.43. The molecule has 0 unspecified atom stereocenters. The third kappa shape index (κ3) is 3.52. The molecule has 0 radical (unpaired) electrons. The molecule has 0 bridgehead atoms. The van der Waals surface area contributed by atoms with Crippen LogP contribution in [0.25, 0.3) is 0 Å². The maximum atomic E-state index is 7.75. The van der Waals surface area contributed by atoms with Crippen LogP contribution in [0.15, 0.2) is 17.1 Å². The minimum Gasteiger partial charge on any atom is -0.303 e. The van der Waals surface area contributed by atoms with Gasteiger partial charge in [-0.25, -0.2) is 0 Å². The molecule has 2 heteroatoms. The number of benzene rings is 1. The fourth-order valence-electron chi connectivity index (χ4n) is 1.69. The van der Waals surface area contributed by atoms with Crippen LogP contribution < -0.4 is 0 Å². The zero-order valence-corrected chi connectivity index (χ0v) is 11.5.